The summed E-state index contributed by atoms with van der Waals surface area (Å²) >= 11 is 0. The Kier molecular flexibility index (Phi) is 8.57. The zero-order valence-electron chi connectivity index (χ0n) is 11.7. The third-order valence-electron chi connectivity index (χ3n) is 2.40. The van der Waals surface area contributed by atoms with Crippen molar-refractivity contribution in [1.82, 2.24) is 9.95 Å². The first-order chi connectivity index (χ1) is 9.33. The first-order valence-corrected chi connectivity index (χ1v) is 6.50. The maximum Gasteiger partial charge on any atom is 0.297 e. The second kappa shape index (κ2) is 10.5. The Morgan fingerprint density at radius 3 is 2.63 bits per heavy atom. The van der Waals surface area contributed by atoms with Gasteiger partial charge in [0, 0.05) is 0 Å². The Morgan fingerprint density at radius 2 is 1.89 bits per heavy atom. The maximum atomic E-state index is 3.17. The molecule has 0 saturated carbocycles. The van der Waals surface area contributed by atoms with Crippen molar-refractivity contribution in [2.45, 2.75) is 12.8 Å². The lowest BCUT2D eigenvalue weighted by molar-refractivity contribution is 0.827. The highest BCUT2D eigenvalue weighted by molar-refractivity contribution is 6.54. The zero-order chi connectivity index (χ0) is 13.8. The van der Waals surface area contributed by atoms with Gasteiger partial charge in [-0.25, -0.2) is 0 Å². The molecule has 0 aliphatic heterocycles. The van der Waals surface area contributed by atoms with Crippen LogP contribution in [0, 0.1) is 0 Å². The minimum Gasteiger partial charge on any atom is -0.377 e. The fourth-order valence-corrected chi connectivity index (χ4v) is 1.56. The van der Waals surface area contributed by atoms with Crippen LogP contribution in [-0.4, -0.2) is 33.8 Å². The highest BCUT2D eigenvalue weighted by Crippen LogP contribution is 1.99. The van der Waals surface area contributed by atoms with Crippen LogP contribution in [0.4, 0.5) is 0 Å². The molecule has 0 unspecified atom stereocenters. The van der Waals surface area contributed by atoms with Gasteiger partial charge in [-0.05, 0) is 39.1 Å². The van der Waals surface area contributed by atoms with Crippen LogP contribution in [0.5, 0.6) is 0 Å². The molecule has 0 aromatic rings. The summed E-state index contributed by atoms with van der Waals surface area (Å²) in [6, 6.07) is 0. The van der Waals surface area contributed by atoms with E-state index in [0.717, 1.165) is 18.3 Å². The monoisotopic (exact) mass is 250 g/mol. The van der Waals surface area contributed by atoms with Gasteiger partial charge < -0.3 is 9.95 Å². The van der Waals surface area contributed by atoms with E-state index < -0.39 is 0 Å². The number of rotatable bonds is 4. The SMILES string of the molecule is CN[B]N(C)[B]/C1=C/C=C\C/C=C\C/C=C\C=C=C1. The Bertz CT molecular complexity index is 427. The summed E-state index contributed by atoms with van der Waals surface area (Å²) in [7, 11) is 7.81. The van der Waals surface area contributed by atoms with Crippen LogP contribution in [-0.2, 0) is 0 Å². The minimum atomic E-state index is 0.966. The number of hydrogen-bond acceptors (Lipinski definition) is 2. The van der Waals surface area contributed by atoms with Crippen LogP contribution in [0.3, 0.4) is 0 Å². The highest BCUT2D eigenvalue weighted by Gasteiger charge is 2.03. The van der Waals surface area contributed by atoms with Crippen LogP contribution in [0.25, 0.3) is 0 Å². The largest absolute Gasteiger partial charge is 0.377 e. The predicted octanol–water partition coefficient (Wildman–Crippen LogP) is 2.35. The predicted molar refractivity (Wildman–Crippen MR) is 85.7 cm³/mol. The lowest BCUT2D eigenvalue weighted by Crippen LogP contribution is -2.36. The number of allylic oxidation sites excluding steroid dienone is 9. The average Bonchev–Trinajstić information content (AvgIpc) is 2.41. The van der Waals surface area contributed by atoms with Crippen LogP contribution < -0.4 is 5.23 Å². The summed E-state index contributed by atoms with van der Waals surface area (Å²) in [4.78, 5) is 0. The van der Waals surface area contributed by atoms with Crippen molar-refractivity contribution in [3.05, 3.63) is 65.9 Å². The molecular weight excluding hydrogens is 230 g/mol. The van der Waals surface area contributed by atoms with E-state index in [2.05, 4.69) is 47.4 Å². The Labute approximate surface area is 118 Å². The number of nitrogens with one attached hydrogen (secondary N) is 1. The molecule has 0 spiro atoms. The van der Waals surface area contributed by atoms with Crippen LogP contribution in [0.1, 0.15) is 12.8 Å². The van der Waals surface area contributed by atoms with Crippen LogP contribution >= 0.6 is 0 Å². The topological polar surface area (TPSA) is 15.3 Å². The molecule has 4 heteroatoms. The van der Waals surface area contributed by atoms with E-state index in [-0.39, 0.29) is 0 Å². The quantitative estimate of drug-likeness (QED) is 0.468. The summed E-state index contributed by atoms with van der Waals surface area (Å²) in [5, 5.41) is 3.00. The maximum absolute atomic E-state index is 3.17. The van der Waals surface area contributed by atoms with Crippen molar-refractivity contribution in [3.8, 4) is 0 Å². The summed E-state index contributed by atoms with van der Waals surface area (Å²) in [5.41, 5.74) is 4.26. The van der Waals surface area contributed by atoms with Gasteiger partial charge >= 0.3 is 0 Å². The van der Waals surface area contributed by atoms with Crippen molar-refractivity contribution in [3.63, 3.8) is 0 Å². The van der Waals surface area contributed by atoms with Gasteiger partial charge in [-0.15, -0.1) is 5.73 Å². The molecule has 1 aliphatic carbocycles. The molecule has 0 atom stereocenters. The molecular formula is C15H20B2N2. The van der Waals surface area contributed by atoms with E-state index in [1.807, 2.05) is 52.0 Å². The third kappa shape index (κ3) is 8.28. The average molecular weight is 250 g/mol. The molecule has 1 aliphatic rings. The fraction of sp³-hybridized carbons (Fsp3) is 0.267. The molecule has 19 heavy (non-hydrogen) atoms. The molecule has 1 N–H and O–H groups in total. The number of nitrogens with zero attached hydrogens (tertiary/aromatic N) is 1. The van der Waals surface area contributed by atoms with E-state index in [1.165, 1.54) is 0 Å². The van der Waals surface area contributed by atoms with E-state index >= 15 is 0 Å². The van der Waals surface area contributed by atoms with Gasteiger partial charge in [0.25, 0.3) is 7.55 Å². The summed E-state index contributed by atoms with van der Waals surface area (Å²) < 4.78 is 1.98. The van der Waals surface area contributed by atoms with Gasteiger partial charge in [0.15, 0.2) is 0 Å². The summed E-state index contributed by atoms with van der Waals surface area (Å²) in [6.45, 7) is 0. The molecule has 2 radical (unpaired) electrons. The van der Waals surface area contributed by atoms with E-state index in [9.17, 15) is 0 Å². The Balaban J connectivity index is 2.76. The van der Waals surface area contributed by atoms with Crippen LogP contribution in [0.15, 0.2) is 65.9 Å². The third-order valence-corrected chi connectivity index (χ3v) is 2.40. The molecule has 2 nitrogen and oxygen atoms in total. The molecule has 1 rings (SSSR count). The van der Waals surface area contributed by atoms with Gasteiger partial charge in [-0.3, -0.25) is 0 Å². The Morgan fingerprint density at radius 1 is 1.16 bits per heavy atom. The van der Waals surface area contributed by atoms with E-state index in [0.29, 0.717) is 0 Å². The van der Waals surface area contributed by atoms with E-state index in [4.69, 9.17) is 0 Å². The molecule has 0 heterocycles. The summed E-state index contributed by atoms with van der Waals surface area (Å²) in [5.74, 6) is 0. The smallest absolute Gasteiger partial charge is 0.297 e. The van der Waals surface area contributed by atoms with Gasteiger partial charge in [0.05, 0.1) is 0 Å². The molecule has 96 valence electrons. The van der Waals surface area contributed by atoms with Crippen molar-refractivity contribution >= 4 is 15.0 Å². The van der Waals surface area contributed by atoms with Gasteiger partial charge in [0.2, 0.25) is 7.41 Å². The van der Waals surface area contributed by atoms with Crippen LogP contribution in [0.2, 0.25) is 0 Å². The molecule has 0 fully saturated rings. The molecule has 0 saturated heterocycles. The molecule has 0 aromatic carbocycles. The van der Waals surface area contributed by atoms with Gasteiger partial charge in [-0.2, -0.15) is 0 Å². The first-order valence-electron chi connectivity index (χ1n) is 6.50. The fourth-order valence-electron chi connectivity index (χ4n) is 1.56. The lowest BCUT2D eigenvalue weighted by Gasteiger charge is -2.12. The second-order valence-corrected chi connectivity index (χ2v) is 4.16. The van der Waals surface area contributed by atoms with E-state index in [1.54, 1.807) is 0 Å². The van der Waals surface area contributed by atoms with Gasteiger partial charge in [0.1, 0.15) is 0 Å². The normalized spacial score (nSPS) is 23.4. The Hall–Kier alpha value is -1.47. The van der Waals surface area contributed by atoms with Crippen molar-refractivity contribution in [2.75, 3.05) is 14.1 Å². The minimum absolute atomic E-state index is 0.966. The molecule has 0 amide bonds. The standard InChI is InChI=1S/C15H20B2N2/c1-18-17-19(2)16-15-13-11-9-7-5-3-4-6-8-10-12-14-15/h3,5-6,8-11,13-14,18H,4,7H2,1-2H3/b5-3-,8-6-,11-9-,15-13+. The lowest BCUT2D eigenvalue weighted by atomic mass is 9.75. The van der Waals surface area contributed by atoms with Crippen molar-refractivity contribution in [1.29, 1.82) is 0 Å². The van der Waals surface area contributed by atoms with Crippen molar-refractivity contribution < 1.29 is 0 Å². The summed E-state index contributed by atoms with van der Waals surface area (Å²) in [6.07, 6.45) is 20.6. The van der Waals surface area contributed by atoms with Gasteiger partial charge in [-0.1, -0.05) is 48.0 Å². The first kappa shape index (κ1) is 15.6. The second-order valence-electron chi connectivity index (χ2n) is 4.16. The van der Waals surface area contributed by atoms with Crippen molar-refractivity contribution in [2.24, 2.45) is 0 Å². The molecule has 0 aromatic heterocycles. The molecule has 0 bridgehead atoms. The number of hydrogen-bond donors (Lipinski definition) is 1. The zero-order valence-corrected chi connectivity index (χ0v) is 11.7. The highest BCUT2D eigenvalue weighted by atomic mass is 15.0.